The van der Waals surface area contributed by atoms with Crippen LogP contribution in [0, 0.1) is 11.3 Å². The van der Waals surface area contributed by atoms with E-state index in [0.717, 1.165) is 0 Å². The summed E-state index contributed by atoms with van der Waals surface area (Å²) in [5.74, 6) is -0.624. The smallest absolute Gasteiger partial charge is 0.328 e. The van der Waals surface area contributed by atoms with E-state index in [4.69, 9.17) is 21.6 Å². The van der Waals surface area contributed by atoms with Gasteiger partial charge in [-0.15, -0.1) is 0 Å². The Morgan fingerprint density at radius 1 is 1.57 bits per heavy atom. The van der Waals surface area contributed by atoms with Crippen molar-refractivity contribution < 1.29 is 14.3 Å². The number of nitrogens with zero attached hydrogens (tertiary/aromatic N) is 2. The first-order chi connectivity index (χ1) is 10.1. The molecule has 1 aliphatic heterocycles. The maximum absolute atomic E-state index is 12.2. The quantitative estimate of drug-likeness (QED) is 0.801. The van der Waals surface area contributed by atoms with Crippen molar-refractivity contribution in [2.45, 2.75) is 31.3 Å². The molecule has 0 aromatic heterocycles. The van der Waals surface area contributed by atoms with Crippen molar-refractivity contribution in [3.63, 3.8) is 0 Å². The normalized spacial score (nSPS) is 19.2. The molecule has 0 bridgehead atoms. The topological polar surface area (TPSA) is 70.4 Å². The lowest BCUT2D eigenvalue weighted by Crippen LogP contribution is -2.41. The monoisotopic (exact) mass is 306 g/mol. The highest BCUT2D eigenvalue weighted by Crippen LogP contribution is 2.36. The van der Waals surface area contributed by atoms with Gasteiger partial charge in [0.2, 0.25) is 5.91 Å². The molecule has 0 N–H and O–H groups in total. The lowest BCUT2D eigenvalue weighted by molar-refractivity contribution is -0.150. The molecule has 1 amide bonds. The van der Waals surface area contributed by atoms with Gasteiger partial charge < -0.3 is 9.64 Å². The highest BCUT2D eigenvalue weighted by Gasteiger charge is 2.41. The summed E-state index contributed by atoms with van der Waals surface area (Å²) < 4.78 is 4.76. The van der Waals surface area contributed by atoms with Crippen LogP contribution < -0.4 is 0 Å². The summed E-state index contributed by atoms with van der Waals surface area (Å²) in [6.07, 6.45) is 0.743. The van der Waals surface area contributed by atoms with Gasteiger partial charge in [0, 0.05) is 11.4 Å². The Morgan fingerprint density at radius 3 is 2.90 bits per heavy atom. The van der Waals surface area contributed by atoms with Crippen LogP contribution in [0.25, 0.3) is 0 Å². The zero-order chi connectivity index (χ0) is 15.4. The standard InChI is InChI=1S/C15H15ClN2O3/c1-21-15(20)13-6-7-14(19)18(13)12(8-9-17)10-4-2-3-5-11(10)16/h2-5,12-13H,6-8H2,1H3. The van der Waals surface area contributed by atoms with Crippen LogP contribution in [-0.4, -0.2) is 29.9 Å². The van der Waals surface area contributed by atoms with Crippen molar-refractivity contribution in [2.24, 2.45) is 0 Å². The van der Waals surface area contributed by atoms with Gasteiger partial charge in [-0.2, -0.15) is 5.26 Å². The Bertz CT molecular complexity index is 597. The maximum Gasteiger partial charge on any atom is 0.328 e. The molecular formula is C15H15ClN2O3. The van der Waals surface area contributed by atoms with E-state index in [1.807, 2.05) is 0 Å². The molecule has 1 heterocycles. The predicted molar refractivity (Wildman–Crippen MR) is 76.3 cm³/mol. The Hall–Kier alpha value is -2.06. The zero-order valence-corrected chi connectivity index (χ0v) is 12.3. The van der Waals surface area contributed by atoms with Crippen LogP contribution in [0.15, 0.2) is 24.3 Å². The van der Waals surface area contributed by atoms with E-state index in [2.05, 4.69) is 6.07 Å². The highest BCUT2D eigenvalue weighted by molar-refractivity contribution is 6.31. The van der Waals surface area contributed by atoms with Gasteiger partial charge in [0.1, 0.15) is 6.04 Å². The Balaban J connectivity index is 2.41. The number of halogens is 1. The number of carbonyl (C=O) groups excluding carboxylic acids is 2. The fourth-order valence-corrected chi connectivity index (χ4v) is 2.91. The van der Waals surface area contributed by atoms with E-state index in [1.54, 1.807) is 24.3 Å². The van der Waals surface area contributed by atoms with Crippen LogP contribution in [0.2, 0.25) is 5.02 Å². The van der Waals surface area contributed by atoms with Gasteiger partial charge in [-0.3, -0.25) is 4.79 Å². The first-order valence-corrected chi connectivity index (χ1v) is 6.98. The Kier molecular flexibility index (Phi) is 4.81. The predicted octanol–water partition coefficient (Wildman–Crippen LogP) is 2.46. The summed E-state index contributed by atoms with van der Waals surface area (Å²) in [6.45, 7) is 0. The van der Waals surface area contributed by atoms with Gasteiger partial charge >= 0.3 is 5.97 Å². The van der Waals surface area contributed by atoms with Gasteiger partial charge in [0.15, 0.2) is 0 Å². The van der Waals surface area contributed by atoms with Crippen molar-refractivity contribution in [1.82, 2.24) is 4.90 Å². The molecule has 2 rings (SSSR count). The molecule has 0 spiro atoms. The minimum Gasteiger partial charge on any atom is -0.467 e. The lowest BCUT2D eigenvalue weighted by Gasteiger charge is -2.31. The van der Waals surface area contributed by atoms with Crippen LogP contribution in [0.5, 0.6) is 0 Å². The maximum atomic E-state index is 12.2. The second-order valence-corrected chi connectivity index (χ2v) is 5.19. The molecule has 1 aromatic carbocycles. The van der Waals surface area contributed by atoms with Crippen LogP contribution in [0.3, 0.4) is 0 Å². The molecule has 1 fully saturated rings. The third-order valence-electron chi connectivity index (χ3n) is 3.61. The van der Waals surface area contributed by atoms with E-state index < -0.39 is 18.1 Å². The molecule has 1 aliphatic rings. The molecule has 21 heavy (non-hydrogen) atoms. The number of rotatable bonds is 4. The molecule has 2 atom stereocenters. The first kappa shape index (κ1) is 15.3. The third kappa shape index (κ3) is 3.01. The molecule has 5 nitrogen and oxygen atoms in total. The van der Waals surface area contributed by atoms with Crippen molar-refractivity contribution in [1.29, 1.82) is 5.26 Å². The summed E-state index contributed by atoms with van der Waals surface area (Å²) in [5, 5.41) is 9.54. The van der Waals surface area contributed by atoms with Crippen molar-refractivity contribution in [3.8, 4) is 6.07 Å². The second-order valence-electron chi connectivity index (χ2n) is 4.78. The average Bonchev–Trinajstić information content (AvgIpc) is 2.86. The number of amides is 1. The number of ether oxygens (including phenoxy) is 1. The summed E-state index contributed by atoms with van der Waals surface area (Å²) in [6, 6.07) is 7.91. The number of hydrogen-bond acceptors (Lipinski definition) is 4. The number of esters is 1. The van der Waals surface area contributed by atoms with E-state index in [1.165, 1.54) is 12.0 Å². The molecule has 2 unspecified atom stereocenters. The Labute approximate surface area is 128 Å². The second kappa shape index (κ2) is 6.59. The first-order valence-electron chi connectivity index (χ1n) is 6.60. The van der Waals surface area contributed by atoms with Crippen LogP contribution in [0.4, 0.5) is 0 Å². The molecule has 110 valence electrons. The number of likely N-dealkylation sites (tertiary alicyclic amines) is 1. The SMILES string of the molecule is COC(=O)C1CCC(=O)N1C(CC#N)c1ccccc1Cl. The minimum atomic E-state index is -0.655. The Morgan fingerprint density at radius 2 is 2.29 bits per heavy atom. The van der Waals surface area contributed by atoms with Crippen molar-refractivity contribution in [2.75, 3.05) is 7.11 Å². The summed E-state index contributed by atoms with van der Waals surface area (Å²) in [7, 11) is 1.29. The van der Waals surface area contributed by atoms with Gasteiger partial charge in [0.25, 0.3) is 0 Å². The largest absolute Gasteiger partial charge is 0.467 e. The molecule has 1 aromatic rings. The van der Waals surface area contributed by atoms with Gasteiger partial charge in [-0.25, -0.2) is 4.79 Å². The third-order valence-corrected chi connectivity index (χ3v) is 3.96. The number of nitriles is 1. The highest BCUT2D eigenvalue weighted by atomic mass is 35.5. The fourth-order valence-electron chi connectivity index (χ4n) is 2.65. The fraction of sp³-hybridized carbons (Fsp3) is 0.400. The van der Waals surface area contributed by atoms with Crippen LogP contribution in [0.1, 0.15) is 30.9 Å². The number of hydrogen-bond donors (Lipinski definition) is 0. The number of benzene rings is 1. The minimum absolute atomic E-state index is 0.0724. The van der Waals surface area contributed by atoms with Gasteiger partial charge in [-0.05, 0) is 18.1 Å². The lowest BCUT2D eigenvalue weighted by atomic mass is 10.0. The molecular weight excluding hydrogens is 292 g/mol. The number of carbonyl (C=O) groups is 2. The van der Waals surface area contributed by atoms with Crippen LogP contribution >= 0.6 is 11.6 Å². The van der Waals surface area contributed by atoms with Gasteiger partial charge in [0.05, 0.1) is 25.6 Å². The van der Waals surface area contributed by atoms with Gasteiger partial charge in [-0.1, -0.05) is 29.8 Å². The summed E-state index contributed by atoms with van der Waals surface area (Å²) >= 11 is 6.18. The average molecular weight is 307 g/mol. The van der Waals surface area contributed by atoms with Crippen molar-refractivity contribution in [3.05, 3.63) is 34.9 Å². The van der Waals surface area contributed by atoms with Crippen molar-refractivity contribution >= 4 is 23.5 Å². The van der Waals surface area contributed by atoms with E-state index in [0.29, 0.717) is 17.0 Å². The molecule has 0 aliphatic carbocycles. The zero-order valence-electron chi connectivity index (χ0n) is 11.6. The molecule has 1 saturated heterocycles. The summed E-state index contributed by atoms with van der Waals surface area (Å²) in [4.78, 5) is 25.5. The van der Waals surface area contributed by atoms with E-state index >= 15 is 0 Å². The van der Waals surface area contributed by atoms with E-state index in [9.17, 15) is 9.59 Å². The molecule has 0 saturated carbocycles. The summed E-state index contributed by atoms with van der Waals surface area (Å²) in [5.41, 5.74) is 0.671. The molecule has 6 heteroatoms. The molecule has 0 radical (unpaired) electrons. The van der Waals surface area contributed by atoms with Crippen LogP contribution in [-0.2, 0) is 14.3 Å². The van der Waals surface area contributed by atoms with E-state index in [-0.39, 0.29) is 18.7 Å². The number of methoxy groups -OCH3 is 1.